The highest BCUT2D eigenvalue weighted by molar-refractivity contribution is 6.35. The van der Waals surface area contributed by atoms with Crippen LogP contribution in [-0.2, 0) is 5.41 Å². The standard InChI is InChI=1S/C31H19ClO/c32-28-19-9-15-24-23-14-8-18-27(29(23)33-30(24)28)31(20-10-2-1-3-11-20)25-16-6-4-12-21(25)22-13-5-7-17-26(22)31/h1-19H. The van der Waals surface area contributed by atoms with E-state index < -0.39 is 5.41 Å². The van der Waals surface area contributed by atoms with E-state index in [4.69, 9.17) is 16.0 Å². The Morgan fingerprint density at radius 3 is 1.73 bits per heavy atom. The number of furan rings is 1. The molecular formula is C31H19ClO. The average Bonchev–Trinajstić information content (AvgIpc) is 3.40. The van der Waals surface area contributed by atoms with Crippen molar-refractivity contribution in [3.05, 3.63) is 143 Å². The topological polar surface area (TPSA) is 13.1 Å². The van der Waals surface area contributed by atoms with Crippen LogP contribution in [0.2, 0.25) is 5.02 Å². The number of rotatable bonds is 2. The first kappa shape index (κ1) is 18.7. The zero-order valence-electron chi connectivity index (χ0n) is 17.8. The van der Waals surface area contributed by atoms with Gasteiger partial charge in [-0.3, -0.25) is 0 Å². The fourth-order valence-electron chi connectivity index (χ4n) is 5.76. The molecule has 1 aliphatic rings. The van der Waals surface area contributed by atoms with Gasteiger partial charge in [0.05, 0.1) is 10.4 Å². The maximum absolute atomic E-state index is 6.57. The Morgan fingerprint density at radius 2 is 1.03 bits per heavy atom. The molecule has 0 bridgehead atoms. The van der Waals surface area contributed by atoms with Crippen LogP contribution in [0.5, 0.6) is 0 Å². The monoisotopic (exact) mass is 442 g/mol. The largest absolute Gasteiger partial charge is 0.454 e. The predicted octanol–water partition coefficient (Wildman–Crippen LogP) is 8.60. The van der Waals surface area contributed by atoms with Crippen molar-refractivity contribution >= 4 is 33.5 Å². The Hall–Kier alpha value is -3.81. The van der Waals surface area contributed by atoms with Crippen molar-refractivity contribution in [3.63, 3.8) is 0 Å². The SMILES string of the molecule is Clc1cccc2c1oc1c(C3(c4ccccc4)c4ccccc4-c4ccccc43)cccc12. The molecule has 1 aliphatic carbocycles. The second kappa shape index (κ2) is 6.84. The number of para-hydroxylation sites is 2. The van der Waals surface area contributed by atoms with E-state index in [2.05, 4.69) is 103 Å². The molecule has 0 saturated carbocycles. The van der Waals surface area contributed by atoms with Crippen molar-refractivity contribution in [1.82, 2.24) is 0 Å². The van der Waals surface area contributed by atoms with Crippen molar-refractivity contribution in [1.29, 1.82) is 0 Å². The third-order valence-corrected chi connectivity index (χ3v) is 7.34. The molecule has 1 nitrogen and oxygen atoms in total. The Bertz CT molecular complexity index is 1630. The van der Waals surface area contributed by atoms with E-state index in [1.807, 2.05) is 12.1 Å². The first-order chi connectivity index (χ1) is 16.3. The highest BCUT2D eigenvalue weighted by Crippen LogP contribution is 2.57. The fraction of sp³-hybridized carbons (Fsp3) is 0.0323. The first-order valence-electron chi connectivity index (χ1n) is 11.2. The van der Waals surface area contributed by atoms with Crippen LogP contribution >= 0.6 is 11.6 Å². The summed E-state index contributed by atoms with van der Waals surface area (Å²) in [6, 6.07) is 40.7. The molecule has 0 radical (unpaired) electrons. The van der Waals surface area contributed by atoms with Crippen LogP contribution in [0.1, 0.15) is 22.3 Å². The number of halogens is 1. The molecule has 0 aliphatic heterocycles. The molecule has 0 saturated heterocycles. The fourth-order valence-corrected chi connectivity index (χ4v) is 5.97. The zero-order chi connectivity index (χ0) is 22.0. The average molecular weight is 443 g/mol. The number of hydrogen-bond acceptors (Lipinski definition) is 1. The van der Waals surface area contributed by atoms with Crippen LogP contribution in [0.25, 0.3) is 33.1 Å². The van der Waals surface area contributed by atoms with E-state index in [0.717, 1.165) is 27.5 Å². The van der Waals surface area contributed by atoms with Crippen molar-refractivity contribution in [2.24, 2.45) is 0 Å². The maximum Gasteiger partial charge on any atom is 0.154 e. The molecule has 0 unspecified atom stereocenters. The second-order valence-electron chi connectivity index (χ2n) is 8.61. The van der Waals surface area contributed by atoms with Crippen LogP contribution in [-0.4, -0.2) is 0 Å². The lowest BCUT2D eigenvalue weighted by Crippen LogP contribution is -2.28. The molecule has 5 aromatic carbocycles. The third kappa shape index (κ3) is 2.38. The van der Waals surface area contributed by atoms with Gasteiger partial charge in [0, 0.05) is 16.3 Å². The Kier molecular flexibility index (Phi) is 3.88. The summed E-state index contributed by atoms with van der Waals surface area (Å²) in [4.78, 5) is 0. The lowest BCUT2D eigenvalue weighted by Gasteiger charge is -2.33. The highest BCUT2D eigenvalue weighted by atomic mass is 35.5. The summed E-state index contributed by atoms with van der Waals surface area (Å²) in [5.74, 6) is 0. The van der Waals surface area contributed by atoms with Crippen molar-refractivity contribution < 1.29 is 4.42 Å². The summed E-state index contributed by atoms with van der Waals surface area (Å²) in [5.41, 5.74) is 8.57. The van der Waals surface area contributed by atoms with E-state index in [9.17, 15) is 0 Å². The van der Waals surface area contributed by atoms with E-state index >= 15 is 0 Å². The van der Waals surface area contributed by atoms with Gasteiger partial charge in [-0.25, -0.2) is 0 Å². The van der Waals surface area contributed by atoms with Crippen molar-refractivity contribution in [2.45, 2.75) is 5.41 Å². The minimum Gasteiger partial charge on any atom is -0.454 e. The molecule has 33 heavy (non-hydrogen) atoms. The summed E-state index contributed by atoms with van der Waals surface area (Å²) in [6.07, 6.45) is 0. The van der Waals surface area contributed by atoms with Gasteiger partial charge in [0.25, 0.3) is 0 Å². The first-order valence-corrected chi connectivity index (χ1v) is 11.5. The van der Waals surface area contributed by atoms with E-state index in [-0.39, 0.29) is 0 Å². The lowest BCUT2D eigenvalue weighted by molar-refractivity contribution is 0.648. The maximum atomic E-state index is 6.57. The molecule has 0 N–H and O–H groups in total. The minimum absolute atomic E-state index is 0.492. The Morgan fingerprint density at radius 1 is 0.485 bits per heavy atom. The van der Waals surface area contributed by atoms with E-state index in [0.29, 0.717) is 5.02 Å². The van der Waals surface area contributed by atoms with Gasteiger partial charge in [-0.1, -0.05) is 121 Å². The molecule has 7 rings (SSSR count). The lowest BCUT2D eigenvalue weighted by atomic mass is 9.67. The van der Waals surface area contributed by atoms with Gasteiger partial charge >= 0.3 is 0 Å². The summed E-state index contributed by atoms with van der Waals surface area (Å²) < 4.78 is 6.57. The van der Waals surface area contributed by atoms with Gasteiger partial charge in [-0.05, 0) is 33.9 Å². The molecule has 2 heteroatoms. The van der Waals surface area contributed by atoms with Crippen LogP contribution in [0.15, 0.2) is 120 Å². The Balaban J connectivity index is 1.71. The summed E-state index contributed by atoms with van der Waals surface area (Å²) >= 11 is 6.56. The van der Waals surface area contributed by atoms with Crippen LogP contribution in [0.3, 0.4) is 0 Å². The molecular weight excluding hydrogens is 424 g/mol. The van der Waals surface area contributed by atoms with Gasteiger partial charge in [-0.2, -0.15) is 0 Å². The zero-order valence-corrected chi connectivity index (χ0v) is 18.5. The van der Waals surface area contributed by atoms with Gasteiger partial charge in [0.15, 0.2) is 5.58 Å². The van der Waals surface area contributed by atoms with Crippen LogP contribution in [0.4, 0.5) is 0 Å². The molecule has 0 spiro atoms. The predicted molar refractivity (Wildman–Crippen MR) is 136 cm³/mol. The molecule has 0 amide bonds. The van der Waals surface area contributed by atoms with Gasteiger partial charge < -0.3 is 4.42 Å². The summed E-state index contributed by atoms with van der Waals surface area (Å²) in [5, 5.41) is 2.76. The number of benzene rings is 5. The molecule has 0 fully saturated rings. The summed E-state index contributed by atoms with van der Waals surface area (Å²) in [6.45, 7) is 0. The molecule has 156 valence electrons. The van der Waals surface area contributed by atoms with Crippen LogP contribution < -0.4 is 0 Å². The molecule has 1 aromatic heterocycles. The normalized spacial score (nSPS) is 13.8. The van der Waals surface area contributed by atoms with Gasteiger partial charge in [0.2, 0.25) is 0 Å². The van der Waals surface area contributed by atoms with E-state index in [1.54, 1.807) is 0 Å². The van der Waals surface area contributed by atoms with Gasteiger partial charge in [0.1, 0.15) is 5.58 Å². The Labute approximate surface area is 196 Å². The molecule has 6 aromatic rings. The van der Waals surface area contributed by atoms with Crippen LogP contribution in [0, 0.1) is 0 Å². The third-order valence-electron chi connectivity index (χ3n) is 7.04. The smallest absolute Gasteiger partial charge is 0.154 e. The van der Waals surface area contributed by atoms with Crippen molar-refractivity contribution in [3.8, 4) is 11.1 Å². The number of hydrogen-bond donors (Lipinski definition) is 0. The van der Waals surface area contributed by atoms with E-state index in [1.165, 1.54) is 27.8 Å². The number of fused-ring (bicyclic) bond motifs is 6. The molecule has 1 heterocycles. The quantitative estimate of drug-likeness (QED) is 0.261. The van der Waals surface area contributed by atoms with Gasteiger partial charge in [-0.15, -0.1) is 0 Å². The molecule has 0 atom stereocenters. The minimum atomic E-state index is -0.492. The summed E-state index contributed by atoms with van der Waals surface area (Å²) in [7, 11) is 0. The highest BCUT2D eigenvalue weighted by Gasteiger charge is 2.47. The van der Waals surface area contributed by atoms with Crippen molar-refractivity contribution in [2.75, 3.05) is 0 Å². The second-order valence-corrected chi connectivity index (χ2v) is 9.02.